The Morgan fingerprint density at radius 3 is 2.50 bits per heavy atom. The van der Waals surface area contributed by atoms with Gasteiger partial charge in [0, 0.05) is 0 Å². The third kappa shape index (κ3) is 2.37. The van der Waals surface area contributed by atoms with Gasteiger partial charge in [0.25, 0.3) is 0 Å². The first kappa shape index (κ1) is 14.3. The van der Waals surface area contributed by atoms with Crippen molar-refractivity contribution in [3.8, 4) is 0 Å². The van der Waals surface area contributed by atoms with Crippen molar-refractivity contribution in [2.45, 2.75) is 63.6 Å². The van der Waals surface area contributed by atoms with Crippen LogP contribution in [-0.4, -0.2) is 23.6 Å². The van der Waals surface area contributed by atoms with Crippen molar-refractivity contribution in [2.75, 3.05) is 0 Å². The molecule has 0 radical (unpaired) electrons. The van der Waals surface area contributed by atoms with E-state index in [4.69, 9.17) is 9.47 Å². The van der Waals surface area contributed by atoms with Gasteiger partial charge in [-0.15, -0.1) is 0 Å². The van der Waals surface area contributed by atoms with Gasteiger partial charge in [-0.25, -0.2) is 4.79 Å². The van der Waals surface area contributed by atoms with Crippen molar-refractivity contribution in [2.24, 2.45) is 23.7 Å². The smallest absolute Gasteiger partial charge is 0.347 e. The average Bonchev–Trinajstić information content (AvgIpc) is 3.26. The van der Waals surface area contributed by atoms with Crippen molar-refractivity contribution < 1.29 is 19.1 Å². The number of hydrogen-bond acceptors (Lipinski definition) is 4. The summed E-state index contributed by atoms with van der Waals surface area (Å²) < 4.78 is 11.2. The normalized spacial score (nSPS) is 42.6. The molecule has 0 spiro atoms. The van der Waals surface area contributed by atoms with Gasteiger partial charge in [0.05, 0.1) is 5.92 Å². The highest BCUT2D eigenvalue weighted by atomic mass is 16.6. The maximum Gasteiger partial charge on any atom is 0.347 e. The van der Waals surface area contributed by atoms with Gasteiger partial charge in [-0.1, -0.05) is 12.2 Å². The Bertz CT molecular complexity index is 515. The molecule has 4 heteroatoms. The van der Waals surface area contributed by atoms with Crippen molar-refractivity contribution in [1.82, 2.24) is 0 Å². The molecular weight excluding hydrogens is 280 g/mol. The van der Waals surface area contributed by atoms with E-state index < -0.39 is 6.10 Å². The molecule has 0 amide bonds. The quantitative estimate of drug-likeness (QED) is 0.592. The number of hydrogen-bond donors (Lipinski definition) is 0. The lowest BCUT2D eigenvalue weighted by atomic mass is 9.94. The van der Waals surface area contributed by atoms with Gasteiger partial charge in [0.2, 0.25) is 0 Å². The molecule has 3 saturated carbocycles. The Morgan fingerprint density at radius 1 is 1.18 bits per heavy atom. The maximum absolute atomic E-state index is 12.3. The highest BCUT2D eigenvalue weighted by molar-refractivity contribution is 5.81. The highest BCUT2D eigenvalue weighted by Crippen LogP contribution is 2.50. The predicted octanol–water partition coefficient (Wildman–Crippen LogP) is 3.01. The van der Waals surface area contributed by atoms with Crippen LogP contribution in [0.25, 0.3) is 0 Å². The van der Waals surface area contributed by atoms with Gasteiger partial charge in [-0.3, -0.25) is 4.79 Å². The molecule has 4 bridgehead atoms. The van der Waals surface area contributed by atoms with Gasteiger partial charge >= 0.3 is 11.9 Å². The van der Waals surface area contributed by atoms with Gasteiger partial charge in [0.1, 0.15) is 5.60 Å². The molecule has 4 rings (SSSR count). The van der Waals surface area contributed by atoms with Gasteiger partial charge in [-0.05, 0) is 69.6 Å². The Labute approximate surface area is 131 Å². The molecule has 120 valence electrons. The van der Waals surface area contributed by atoms with Crippen LogP contribution in [0, 0.1) is 23.7 Å². The van der Waals surface area contributed by atoms with Gasteiger partial charge in [-0.2, -0.15) is 0 Å². The van der Waals surface area contributed by atoms with Crippen LogP contribution in [0.3, 0.4) is 0 Å². The second-order valence-corrected chi connectivity index (χ2v) is 7.72. The zero-order valence-electron chi connectivity index (χ0n) is 13.1. The fourth-order valence-corrected chi connectivity index (χ4v) is 4.94. The summed E-state index contributed by atoms with van der Waals surface area (Å²) in [6.45, 7) is 1.64. The van der Waals surface area contributed by atoms with Crippen LogP contribution in [-0.2, 0) is 19.1 Å². The van der Waals surface area contributed by atoms with Crippen molar-refractivity contribution in [3.05, 3.63) is 12.2 Å². The van der Waals surface area contributed by atoms with Crippen LogP contribution >= 0.6 is 0 Å². The minimum atomic E-state index is -0.787. The average molecular weight is 304 g/mol. The first-order valence-corrected chi connectivity index (χ1v) is 8.66. The summed E-state index contributed by atoms with van der Waals surface area (Å²) in [5.74, 6) is 0.906. The number of carbonyl (C=O) groups excluding carboxylic acids is 2. The fourth-order valence-electron chi connectivity index (χ4n) is 4.94. The second kappa shape index (κ2) is 5.10. The molecule has 4 aliphatic rings. The minimum Gasteiger partial charge on any atom is -0.456 e. The molecule has 4 atom stereocenters. The van der Waals surface area contributed by atoms with E-state index in [-0.39, 0.29) is 23.5 Å². The lowest BCUT2D eigenvalue weighted by Gasteiger charge is -2.28. The summed E-state index contributed by atoms with van der Waals surface area (Å²) >= 11 is 0. The number of ether oxygens (including phenoxy) is 2. The number of carbonyl (C=O) groups is 2. The Kier molecular flexibility index (Phi) is 3.31. The SMILES string of the molecule is CC(OC(=O)C1CC2C=CC1C2)C(=O)OC12CCC(CC1)C2. The highest BCUT2D eigenvalue weighted by Gasteiger charge is 2.49. The molecule has 0 aliphatic heterocycles. The lowest BCUT2D eigenvalue weighted by Crippen LogP contribution is -2.37. The van der Waals surface area contributed by atoms with E-state index in [0.29, 0.717) is 11.8 Å². The minimum absolute atomic E-state index is 0.0641. The summed E-state index contributed by atoms with van der Waals surface area (Å²) in [4.78, 5) is 24.6. The maximum atomic E-state index is 12.3. The van der Waals surface area contributed by atoms with Crippen LogP contribution in [0.4, 0.5) is 0 Å². The Hall–Kier alpha value is -1.32. The summed E-state index contributed by atoms with van der Waals surface area (Å²) in [6.07, 6.45) is 10.7. The second-order valence-electron chi connectivity index (χ2n) is 7.72. The summed E-state index contributed by atoms with van der Waals surface area (Å²) in [6, 6.07) is 0. The lowest BCUT2D eigenvalue weighted by molar-refractivity contribution is -0.179. The molecule has 0 saturated heterocycles. The molecular formula is C18H24O4. The number of esters is 2. The molecule has 4 aliphatic carbocycles. The van der Waals surface area contributed by atoms with Crippen LogP contribution < -0.4 is 0 Å². The molecule has 0 heterocycles. The third-order valence-electron chi connectivity index (χ3n) is 6.20. The van der Waals surface area contributed by atoms with E-state index in [1.165, 1.54) is 12.8 Å². The van der Waals surface area contributed by atoms with Crippen molar-refractivity contribution in [3.63, 3.8) is 0 Å². The number of rotatable bonds is 4. The molecule has 4 nitrogen and oxygen atoms in total. The standard InChI is InChI=1S/C18H24O4/c1-11(16(19)22-18-6-4-12(10-18)5-7-18)21-17(20)15-9-13-2-3-14(15)8-13/h2-3,11-15H,4-10H2,1H3. The van der Waals surface area contributed by atoms with Crippen LogP contribution in [0.1, 0.15) is 51.9 Å². The molecule has 22 heavy (non-hydrogen) atoms. The number of allylic oxidation sites excluding steroid dienone is 2. The largest absolute Gasteiger partial charge is 0.456 e. The molecule has 0 aromatic carbocycles. The third-order valence-corrected chi connectivity index (χ3v) is 6.20. The molecule has 0 N–H and O–H groups in total. The van der Waals surface area contributed by atoms with Crippen molar-refractivity contribution in [1.29, 1.82) is 0 Å². The van der Waals surface area contributed by atoms with E-state index >= 15 is 0 Å². The molecule has 0 aromatic heterocycles. The van der Waals surface area contributed by atoms with Crippen molar-refractivity contribution >= 4 is 11.9 Å². The molecule has 4 unspecified atom stereocenters. The van der Waals surface area contributed by atoms with Gasteiger partial charge in [0.15, 0.2) is 6.10 Å². The van der Waals surface area contributed by atoms with E-state index in [0.717, 1.165) is 38.0 Å². The zero-order chi connectivity index (χ0) is 15.3. The van der Waals surface area contributed by atoms with E-state index in [9.17, 15) is 9.59 Å². The molecule has 0 aromatic rings. The van der Waals surface area contributed by atoms with Crippen LogP contribution in [0.15, 0.2) is 12.2 Å². The number of fused-ring (bicyclic) bond motifs is 4. The predicted molar refractivity (Wildman–Crippen MR) is 79.8 cm³/mol. The van der Waals surface area contributed by atoms with Gasteiger partial charge < -0.3 is 9.47 Å². The van der Waals surface area contributed by atoms with E-state index in [1.807, 2.05) is 0 Å². The van der Waals surface area contributed by atoms with Crippen LogP contribution in [0.5, 0.6) is 0 Å². The topological polar surface area (TPSA) is 52.6 Å². The fraction of sp³-hybridized carbons (Fsp3) is 0.778. The first-order chi connectivity index (χ1) is 10.5. The van der Waals surface area contributed by atoms with Crippen LogP contribution in [0.2, 0.25) is 0 Å². The zero-order valence-corrected chi connectivity index (χ0v) is 13.1. The summed E-state index contributed by atoms with van der Waals surface area (Å²) in [7, 11) is 0. The monoisotopic (exact) mass is 304 g/mol. The Balaban J connectivity index is 1.32. The molecule has 3 fully saturated rings. The Morgan fingerprint density at radius 2 is 1.95 bits per heavy atom. The summed E-state index contributed by atoms with van der Waals surface area (Å²) in [5.41, 5.74) is -0.252. The first-order valence-electron chi connectivity index (χ1n) is 8.66. The summed E-state index contributed by atoms with van der Waals surface area (Å²) in [5, 5.41) is 0. The van der Waals surface area contributed by atoms with E-state index in [1.54, 1.807) is 6.92 Å². The van der Waals surface area contributed by atoms with E-state index in [2.05, 4.69) is 12.2 Å².